The van der Waals surface area contributed by atoms with E-state index >= 15 is 0 Å². The van der Waals surface area contributed by atoms with Gasteiger partial charge in [-0.15, -0.1) is 0 Å². The van der Waals surface area contributed by atoms with E-state index < -0.39 is 58.4 Å². The van der Waals surface area contributed by atoms with Crippen LogP contribution in [0.1, 0.15) is 60.5 Å². The molecule has 1 aromatic rings. The van der Waals surface area contributed by atoms with Gasteiger partial charge in [0.05, 0.1) is 17.5 Å². The Bertz CT molecular complexity index is 1320. The van der Waals surface area contributed by atoms with Crippen LogP contribution in [0.4, 0.5) is 0 Å². The van der Waals surface area contributed by atoms with Crippen LogP contribution in [0.5, 0.6) is 5.75 Å². The van der Waals surface area contributed by atoms with Gasteiger partial charge >= 0.3 is 0 Å². The van der Waals surface area contributed by atoms with Crippen LogP contribution >= 0.6 is 11.6 Å². The monoisotopic (exact) mass is 557 g/mol. The summed E-state index contributed by atoms with van der Waals surface area (Å²) in [6, 6.07) is 1.16. The van der Waals surface area contributed by atoms with Crippen LogP contribution < -0.4 is 5.73 Å². The fraction of sp³-hybridized carbons (Fsp3) is 0.552. The van der Waals surface area contributed by atoms with E-state index in [4.69, 9.17) is 17.3 Å². The summed E-state index contributed by atoms with van der Waals surface area (Å²) in [7, 11) is 3.41. The first-order valence-electron chi connectivity index (χ1n) is 13.6. The van der Waals surface area contributed by atoms with Crippen molar-refractivity contribution in [3.8, 4) is 5.75 Å². The second-order valence-corrected chi connectivity index (χ2v) is 12.1. The lowest BCUT2D eigenvalue weighted by molar-refractivity contribution is -0.127. The number of allylic oxidation sites excluding steroid dienone is 2. The number of primary amides is 1. The van der Waals surface area contributed by atoms with Gasteiger partial charge in [0.15, 0.2) is 11.6 Å². The van der Waals surface area contributed by atoms with Crippen LogP contribution in [0.2, 0.25) is 5.02 Å². The van der Waals surface area contributed by atoms with Crippen molar-refractivity contribution in [2.24, 2.45) is 23.5 Å². The number of nitrogens with zero attached hydrogens (tertiary/aromatic N) is 2. The molecule has 5 N–H and O–H groups in total. The molecule has 1 aliphatic heterocycles. The first kappa shape index (κ1) is 27.7. The maximum absolute atomic E-state index is 13.8. The molecule has 3 aliphatic carbocycles. The number of carbonyl (C=O) groups is 3. The largest absolute Gasteiger partial charge is 0.511 e. The van der Waals surface area contributed by atoms with Crippen LogP contribution in [0.3, 0.4) is 0 Å². The minimum Gasteiger partial charge on any atom is -0.511 e. The molecule has 1 amide bonds. The topological polar surface area (TPSA) is 144 Å². The van der Waals surface area contributed by atoms with E-state index in [9.17, 15) is 29.7 Å². The quantitative estimate of drug-likeness (QED) is 0.412. The Balaban J connectivity index is 1.57. The first-order chi connectivity index (χ1) is 18.4. The zero-order valence-electron chi connectivity index (χ0n) is 22.5. The highest BCUT2D eigenvalue weighted by molar-refractivity contribution is 6.33. The minimum atomic E-state index is -1.20. The van der Waals surface area contributed by atoms with Crippen LogP contribution in [0, 0.1) is 17.8 Å². The number of Topliss-reactive ketones (excluding diaryl/α,β-unsaturated/α-hetero) is 2. The third-order valence-corrected chi connectivity index (χ3v) is 9.61. The normalized spacial score (nSPS) is 29.7. The van der Waals surface area contributed by atoms with Crippen molar-refractivity contribution in [3.05, 3.63) is 50.4 Å². The van der Waals surface area contributed by atoms with Gasteiger partial charge in [0.2, 0.25) is 0 Å². The van der Waals surface area contributed by atoms with E-state index in [0.29, 0.717) is 36.0 Å². The molecule has 4 aliphatic rings. The Hall–Kier alpha value is -2.88. The van der Waals surface area contributed by atoms with E-state index in [0.717, 1.165) is 24.9 Å². The number of phenols is 1. The lowest BCUT2D eigenvalue weighted by atomic mass is 9.61. The number of hydrogen-bond acceptors (Lipinski definition) is 8. The van der Waals surface area contributed by atoms with Gasteiger partial charge in [0, 0.05) is 23.2 Å². The van der Waals surface area contributed by atoms with Crippen LogP contribution in [0.25, 0.3) is 0 Å². The van der Waals surface area contributed by atoms with Crippen LogP contribution in [-0.2, 0) is 22.6 Å². The number of aliphatic hydroxyl groups excluding tert-OH is 2. The average molecular weight is 558 g/mol. The number of nitrogens with two attached hydrogens (primary N) is 1. The summed E-state index contributed by atoms with van der Waals surface area (Å²) >= 11 is 6.93. The van der Waals surface area contributed by atoms with E-state index in [1.165, 1.54) is 12.8 Å². The van der Waals surface area contributed by atoms with Crippen molar-refractivity contribution >= 4 is 29.1 Å². The number of likely N-dealkylation sites (N-methyl/N-ethyl adjacent to an activating group) is 1. The molecule has 39 heavy (non-hydrogen) atoms. The molecule has 0 radical (unpaired) electrons. The highest BCUT2D eigenvalue weighted by Gasteiger charge is 2.54. The Labute approximate surface area is 232 Å². The molecule has 0 aromatic heterocycles. The molecule has 9 nitrogen and oxygen atoms in total. The zero-order chi connectivity index (χ0) is 28.3. The maximum atomic E-state index is 13.8. The number of benzene rings is 1. The van der Waals surface area contributed by atoms with Gasteiger partial charge in [0.25, 0.3) is 5.91 Å². The van der Waals surface area contributed by atoms with Crippen LogP contribution in [-0.4, -0.2) is 75.3 Å². The Kier molecular flexibility index (Phi) is 7.28. The molecule has 2 unspecified atom stereocenters. The number of fused-ring (bicyclic) bond motifs is 3. The molecule has 0 bridgehead atoms. The SMILES string of the molecule is CC1CCCCCN1Cc1cc(O)c2c(c1Cl)C[C@H]1C[C@@H]3C(C(=O)C(C(N)=O)=C(O)[C@H]3N(C)C)C(O)=C1C2=O. The molecular weight excluding hydrogens is 522 g/mol. The summed E-state index contributed by atoms with van der Waals surface area (Å²) < 4.78 is 0. The van der Waals surface area contributed by atoms with E-state index in [2.05, 4.69) is 11.8 Å². The minimum absolute atomic E-state index is 0.0462. The first-order valence-corrected chi connectivity index (χ1v) is 14.0. The standard InChI is InChI=1S/C29H36ClN3O6/c1-13-7-5-4-6-8-33(13)12-15-11-18(34)20-16(23(15)30)9-14-10-17-21(26(36)19(14)25(20)35)27(37)22(29(31)39)28(38)24(17)32(2)3/h11,13-14,17,21,24,34,36,38H,4-10,12H2,1-3H3,(H2,31,39)/t13?,14-,17+,21?,24-/m0/s1. The lowest BCUT2D eigenvalue weighted by Crippen LogP contribution is -2.53. The van der Waals surface area contributed by atoms with E-state index in [1.807, 2.05) is 0 Å². The van der Waals surface area contributed by atoms with Gasteiger partial charge < -0.3 is 21.1 Å². The average Bonchev–Trinajstić information content (AvgIpc) is 3.05. The molecule has 1 saturated heterocycles. The molecule has 5 atom stereocenters. The maximum Gasteiger partial charge on any atom is 0.255 e. The number of ketones is 2. The van der Waals surface area contributed by atoms with E-state index in [-0.39, 0.29) is 16.9 Å². The van der Waals surface area contributed by atoms with E-state index in [1.54, 1.807) is 25.1 Å². The third kappa shape index (κ3) is 4.44. The van der Waals surface area contributed by atoms with Crippen molar-refractivity contribution < 1.29 is 29.7 Å². The summed E-state index contributed by atoms with van der Waals surface area (Å²) in [6.45, 7) is 3.69. The summed E-state index contributed by atoms with van der Waals surface area (Å²) in [5.74, 6) is -5.76. The Morgan fingerprint density at radius 1 is 1.15 bits per heavy atom. The van der Waals surface area contributed by atoms with Crippen LogP contribution in [0.15, 0.2) is 28.7 Å². The number of halogens is 1. The molecule has 5 rings (SSSR count). The highest BCUT2D eigenvalue weighted by atomic mass is 35.5. The Morgan fingerprint density at radius 3 is 2.54 bits per heavy atom. The predicted octanol–water partition coefficient (Wildman–Crippen LogP) is 3.42. The number of phenolic OH excluding ortho intramolecular Hbond substituents is 1. The number of aliphatic hydroxyl groups is 2. The molecular formula is C29H36ClN3O6. The molecule has 10 heteroatoms. The molecule has 1 heterocycles. The summed E-state index contributed by atoms with van der Waals surface area (Å²) in [5, 5.41) is 33.7. The van der Waals surface area contributed by atoms with Crippen molar-refractivity contribution in [1.29, 1.82) is 0 Å². The fourth-order valence-electron chi connectivity index (χ4n) is 7.27. The fourth-order valence-corrected chi connectivity index (χ4v) is 7.56. The number of rotatable bonds is 4. The molecule has 1 aromatic carbocycles. The Morgan fingerprint density at radius 2 is 1.87 bits per heavy atom. The zero-order valence-corrected chi connectivity index (χ0v) is 23.3. The van der Waals surface area contributed by atoms with Crippen molar-refractivity contribution in [3.63, 3.8) is 0 Å². The summed E-state index contributed by atoms with van der Waals surface area (Å²) in [5.41, 5.74) is 6.27. The van der Waals surface area contributed by atoms with Crippen molar-refractivity contribution in [1.82, 2.24) is 9.80 Å². The van der Waals surface area contributed by atoms with Crippen molar-refractivity contribution in [2.45, 2.75) is 64.1 Å². The van der Waals surface area contributed by atoms with Gasteiger partial charge in [-0.3, -0.25) is 24.2 Å². The second-order valence-electron chi connectivity index (χ2n) is 11.7. The van der Waals surface area contributed by atoms with Gasteiger partial charge in [-0.25, -0.2) is 0 Å². The molecule has 0 saturated carbocycles. The summed E-state index contributed by atoms with van der Waals surface area (Å²) in [4.78, 5) is 43.2. The molecule has 210 valence electrons. The lowest BCUT2D eigenvalue weighted by Gasteiger charge is -2.46. The molecule has 1 fully saturated rings. The number of likely N-dealkylation sites (tertiary alicyclic amines) is 1. The van der Waals surface area contributed by atoms with Gasteiger partial charge in [0.1, 0.15) is 22.8 Å². The summed E-state index contributed by atoms with van der Waals surface area (Å²) in [6.07, 6.45) is 5.14. The smallest absolute Gasteiger partial charge is 0.255 e. The van der Waals surface area contributed by atoms with Gasteiger partial charge in [-0.2, -0.15) is 0 Å². The van der Waals surface area contributed by atoms with Crippen molar-refractivity contribution in [2.75, 3.05) is 20.6 Å². The third-order valence-electron chi connectivity index (χ3n) is 9.14. The number of aromatic hydroxyl groups is 1. The van der Waals surface area contributed by atoms with Gasteiger partial charge in [-0.05, 0) is 82.3 Å². The highest BCUT2D eigenvalue weighted by Crippen LogP contribution is 2.51. The predicted molar refractivity (Wildman–Crippen MR) is 146 cm³/mol. The van der Waals surface area contributed by atoms with Gasteiger partial charge in [-0.1, -0.05) is 24.4 Å². The number of amides is 1. The number of hydrogen-bond donors (Lipinski definition) is 4. The number of carbonyl (C=O) groups excluding carboxylic acids is 3. The molecule has 0 spiro atoms. The second kappa shape index (κ2) is 10.3.